The summed E-state index contributed by atoms with van der Waals surface area (Å²) in [5, 5.41) is 18.8. The summed E-state index contributed by atoms with van der Waals surface area (Å²) >= 11 is 0. The Morgan fingerprint density at radius 2 is 2.18 bits per heavy atom. The number of carbonyl (C=O) groups is 1. The van der Waals surface area contributed by atoms with Crippen LogP contribution in [0.4, 0.5) is 0 Å². The lowest BCUT2D eigenvalue weighted by Gasteiger charge is -2.14. The molecule has 0 aromatic carbocycles. The fourth-order valence-electron chi connectivity index (χ4n) is 2.48. The monoisotopic (exact) mass is 302 g/mol. The van der Waals surface area contributed by atoms with E-state index in [0.717, 1.165) is 31.0 Å². The fourth-order valence-corrected chi connectivity index (χ4v) is 2.48. The maximum absolute atomic E-state index is 12.0. The highest BCUT2D eigenvalue weighted by atomic mass is 16.5. The highest BCUT2D eigenvalue weighted by Crippen LogP contribution is 2.14. The predicted octanol–water partition coefficient (Wildman–Crippen LogP) is 0.385. The van der Waals surface area contributed by atoms with Gasteiger partial charge in [-0.05, 0) is 18.9 Å². The second kappa shape index (κ2) is 6.50. The van der Waals surface area contributed by atoms with Gasteiger partial charge in [0.05, 0.1) is 7.11 Å². The van der Waals surface area contributed by atoms with Gasteiger partial charge in [0.25, 0.3) is 5.91 Å². The van der Waals surface area contributed by atoms with E-state index in [0.29, 0.717) is 18.8 Å². The first-order valence-corrected chi connectivity index (χ1v) is 7.35. The van der Waals surface area contributed by atoms with Crippen LogP contribution in [-0.2, 0) is 19.4 Å². The largest absolute Gasteiger partial charge is 0.480 e. The molecule has 0 saturated heterocycles. The average molecular weight is 302 g/mol. The van der Waals surface area contributed by atoms with E-state index in [2.05, 4.69) is 30.3 Å². The van der Waals surface area contributed by atoms with Gasteiger partial charge in [0.2, 0.25) is 5.88 Å². The van der Waals surface area contributed by atoms with E-state index in [1.165, 1.54) is 13.5 Å². The molecule has 0 fully saturated rings. The average Bonchev–Trinajstić information content (AvgIpc) is 2.98. The van der Waals surface area contributed by atoms with Gasteiger partial charge in [-0.15, -0.1) is 20.4 Å². The molecule has 3 heterocycles. The summed E-state index contributed by atoms with van der Waals surface area (Å²) in [5.41, 5.74) is 0.268. The number of rotatable bonds is 5. The molecule has 8 heteroatoms. The van der Waals surface area contributed by atoms with Crippen molar-refractivity contribution >= 4 is 5.91 Å². The third-order valence-corrected chi connectivity index (χ3v) is 3.65. The number of methoxy groups -OCH3 is 1. The summed E-state index contributed by atoms with van der Waals surface area (Å²) in [7, 11) is 1.50. The van der Waals surface area contributed by atoms with Crippen molar-refractivity contribution in [1.29, 1.82) is 0 Å². The Kier molecular flexibility index (Phi) is 4.27. The predicted molar refractivity (Wildman–Crippen MR) is 77.6 cm³/mol. The van der Waals surface area contributed by atoms with E-state index >= 15 is 0 Å². The highest BCUT2D eigenvalue weighted by molar-refractivity contribution is 5.92. The van der Waals surface area contributed by atoms with Crippen molar-refractivity contribution in [2.75, 3.05) is 13.7 Å². The molecule has 1 aliphatic heterocycles. The molecule has 0 spiro atoms. The number of hydrogen-bond acceptors (Lipinski definition) is 6. The van der Waals surface area contributed by atoms with Crippen molar-refractivity contribution in [1.82, 2.24) is 30.3 Å². The van der Waals surface area contributed by atoms with Gasteiger partial charge >= 0.3 is 0 Å². The van der Waals surface area contributed by atoms with Gasteiger partial charge in [0.15, 0.2) is 5.69 Å². The van der Waals surface area contributed by atoms with Gasteiger partial charge in [-0.3, -0.25) is 4.79 Å². The first kappa shape index (κ1) is 14.4. The summed E-state index contributed by atoms with van der Waals surface area (Å²) in [6.07, 6.45) is 3.97. The van der Waals surface area contributed by atoms with Gasteiger partial charge in [-0.2, -0.15) is 0 Å². The molecule has 1 aliphatic rings. The normalized spacial score (nSPS) is 13.5. The van der Waals surface area contributed by atoms with Crippen LogP contribution in [0.2, 0.25) is 0 Å². The second-order valence-electron chi connectivity index (χ2n) is 5.11. The van der Waals surface area contributed by atoms with Crippen molar-refractivity contribution in [2.24, 2.45) is 0 Å². The van der Waals surface area contributed by atoms with Crippen LogP contribution in [0.1, 0.15) is 35.0 Å². The van der Waals surface area contributed by atoms with Crippen LogP contribution >= 0.6 is 0 Å². The summed E-state index contributed by atoms with van der Waals surface area (Å²) in [4.78, 5) is 12.0. The molecule has 1 N–H and O–H groups in total. The third-order valence-electron chi connectivity index (χ3n) is 3.65. The minimum Gasteiger partial charge on any atom is -0.480 e. The zero-order chi connectivity index (χ0) is 15.4. The van der Waals surface area contributed by atoms with E-state index in [-0.39, 0.29) is 11.6 Å². The Morgan fingerprint density at radius 3 is 2.95 bits per heavy atom. The Bertz CT molecular complexity index is 652. The smallest absolute Gasteiger partial charge is 0.271 e. The number of amides is 1. The maximum atomic E-state index is 12.0. The second-order valence-corrected chi connectivity index (χ2v) is 5.11. The van der Waals surface area contributed by atoms with E-state index in [1.807, 2.05) is 0 Å². The number of nitrogens with zero attached hydrogens (tertiary/aromatic N) is 5. The number of aryl methyl sites for hydroxylation is 1. The maximum Gasteiger partial charge on any atom is 0.271 e. The number of fused-ring (bicyclic) bond motifs is 1. The van der Waals surface area contributed by atoms with Crippen molar-refractivity contribution in [2.45, 2.75) is 32.2 Å². The lowest BCUT2D eigenvalue weighted by Crippen LogP contribution is -2.27. The Labute approximate surface area is 127 Å². The van der Waals surface area contributed by atoms with Crippen molar-refractivity contribution in [3.05, 3.63) is 29.5 Å². The first-order chi connectivity index (χ1) is 10.8. The molecule has 2 aromatic rings. The van der Waals surface area contributed by atoms with E-state index in [9.17, 15) is 4.79 Å². The van der Waals surface area contributed by atoms with Gasteiger partial charge in [-0.25, -0.2) is 0 Å². The zero-order valence-corrected chi connectivity index (χ0v) is 12.4. The summed E-state index contributed by atoms with van der Waals surface area (Å²) in [6.45, 7) is 1.46. The van der Waals surface area contributed by atoms with Crippen LogP contribution in [0.5, 0.6) is 5.88 Å². The van der Waals surface area contributed by atoms with Crippen LogP contribution < -0.4 is 10.1 Å². The van der Waals surface area contributed by atoms with Crippen molar-refractivity contribution < 1.29 is 9.53 Å². The Balaban J connectivity index is 1.54. The fraction of sp³-hybridized carbons (Fsp3) is 0.500. The van der Waals surface area contributed by atoms with Crippen LogP contribution in [0.3, 0.4) is 0 Å². The van der Waals surface area contributed by atoms with Gasteiger partial charge < -0.3 is 14.6 Å². The summed E-state index contributed by atoms with van der Waals surface area (Å²) in [5.74, 6) is 2.10. The van der Waals surface area contributed by atoms with Gasteiger partial charge in [0.1, 0.15) is 11.6 Å². The Morgan fingerprint density at radius 1 is 1.27 bits per heavy atom. The zero-order valence-electron chi connectivity index (χ0n) is 12.4. The molecule has 0 saturated carbocycles. The molecular weight excluding hydrogens is 284 g/mol. The van der Waals surface area contributed by atoms with Crippen LogP contribution in [0.15, 0.2) is 12.1 Å². The molecule has 0 unspecified atom stereocenters. The summed E-state index contributed by atoms with van der Waals surface area (Å²) < 4.78 is 7.06. The quantitative estimate of drug-likeness (QED) is 0.858. The molecule has 2 aromatic heterocycles. The molecule has 0 radical (unpaired) electrons. The third kappa shape index (κ3) is 3.05. The minimum atomic E-state index is -0.256. The molecule has 3 rings (SSSR count). The number of nitrogens with one attached hydrogen (secondary N) is 1. The number of carbonyl (C=O) groups excluding carboxylic acids is 1. The van der Waals surface area contributed by atoms with Gasteiger partial charge in [0, 0.05) is 32.0 Å². The molecule has 0 atom stereocenters. The highest BCUT2D eigenvalue weighted by Gasteiger charge is 2.15. The van der Waals surface area contributed by atoms with Gasteiger partial charge in [-0.1, -0.05) is 0 Å². The summed E-state index contributed by atoms with van der Waals surface area (Å²) in [6, 6.07) is 3.19. The Hall–Kier alpha value is -2.51. The first-order valence-electron chi connectivity index (χ1n) is 7.35. The number of aromatic nitrogens is 5. The van der Waals surface area contributed by atoms with Crippen molar-refractivity contribution in [3.8, 4) is 5.88 Å². The topological polar surface area (TPSA) is 94.8 Å². The molecule has 22 heavy (non-hydrogen) atoms. The van der Waals surface area contributed by atoms with Crippen LogP contribution in [0, 0.1) is 0 Å². The SMILES string of the molecule is COc1ccc(C(=O)NCCc2nnc3n2CCCC3)nn1. The lowest BCUT2D eigenvalue weighted by atomic mass is 10.1. The van der Waals surface area contributed by atoms with Crippen molar-refractivity contribution in [3.63, 3.8) is 0 Å². The number of hydrogen-bond donors (Lipinski definition) is 1. The molecule has 8 nitrogen and oxygen atoms in total. The van der Waals surface area contributed by atoms with E-state index in [4.69, 9.17) is 4.74 Å². The molecule has 116 valence electrons. The minimum absolute atomic E-state index is 0.256. The van der Waals surface area contributed by atoms with E-state index < -0.39 is 0 Å². The van der Waals surface area contributed by atoms with Crippen LogP contribution in [-0.4, -0.2) is 44.5 Å². The number of ether oxygens (including phenoxy) is 1. The molecule has 0 aliphatic carbocycles. The lowest BCUT2D eigenvalue weighted by molar-refractivity contribution is 0.0947. The standard InChI is InChI=1S/C14H18N6O2/c1-22-13-6-5-10(16-19-13)14(21)15-8-7-12-18-17-11-4-2-3-9-20(11)12/h5-6H,2-4,7-9H2,1H3,(H,15,21). The molecular formula is C14H18N6O2. The van der Waals surface area contributed by atoms with Crippen LogP contribution in [0.25, 0.3) is 0 Å². The van der Waals surface area contributed by atoms with E-state index in [1.54, 1.807) is 12.1 Å². The molecule has 1 amide bonds. The molecule has 0 bridgehead atoms.